The molecule has 28 heavy (non-hydrogen) atoms. The van der Waals surface area contributed by atoms with Gasteiger partial charge in [-0.2, -0.15) is 14.9 Å². The molecule has 1 N–H and O–H groups in total. The number of rotatable bonds is 4. The number of nitrogens with one attached hydrogen (secondary N) is 1. The van der Waals surface area contributed by atoms with E-state index in [1.807, 2.05) is 37.5 Å². The highest BCUT2D eigenvalue weighted by Gasteiger charge is 2.14. The highest BCUT2D eigenvalue weighted by molar-refractivity contribution is 7.71. The number of halogens is 1. The van der Waals surface area contributed by atoms with Gasteiger partial charge in [-0.1, -0.05) is 17.3 Å². The molecule has 0 spiro atoms. The normalized spacial score (nSPS) is 11.6. The molecule has 0 aliphatic carbocycles. The molecule has 0 aliphatic rings. The number of nitrogens with zero attached hydrogens (tertiary/aromatic N) is 5. The van der Waals surface area contributed by atoms with Crippen molar-refractivity contribution in [1.82, 2.24) is 24.6 Å². The van der Waals surface area contributed by atoms with Gasteiger partial charge in [0.1, 0.15) is 11.6 Å². The van der Waals surface area contributed by atoms with Crippen molar-refractivity contribution < 1.29 is 8.91 Å². The first kappa shape index (κ1) is 18.1. The Bertz CT molecular complexity index is 1250. The average molecular weight is 396 g/mol. The van der Waals surface area contributed by atoms with Crippen LogP contribution in [0.2, 0.25) is 0 Å². The Morgan fingerprint density at radius 3 is 2.71 bits per heavy atom. The van der Waals surface area contributed by atoms with E-state index in [1.165, 1.54) is 10.7 Å². The maximum atomic E-state index is 14.2. The molecule has 4 aromatic rings. The molecule has 0 saturated heterocycles. The maximum absolute atomic E-state index is 14.2. The molecule has 0 bridgehead atoms. The van der Waals surface area contributed by atoms with E-state index >= 15 is 0 Å². The highest BCUT2D eigenvalue weighted by atomic mass is 32.1. The fraction of sp³-hybridized carbons (Fsp3) is 0.158. The van der Waals surface area contributed by atoms with E-state index in [-0.39, 0.29) is 4.77 Å². The number of hydrogen-bond acceptors (Lipinski definition) is 5. The van der Waals surface area contributed by atoms with Crippen molar-refractivity contribution in [3.8, 4) is 17.2 Å². The Labute approximate surface area is 165 Å². The zero-order valence-corrected chi connectivity index (χ0v) is 16.3. The van der Waals surface area contributed by atoms with Crippen LogP contribution in [0.1, 0.15) is 22.7 Å². The van der Waals surface area contributed by atoms with Crippen molar-refractivity contribution in [1.29, 1.82) is 0 Å². The van der Waals surface area contributed by atoms with E-state index in [0.717, 1.165) is 22.7 Å². The first-order valence-electron chi connectivity index (χ1n) is 8.55. The van der Waals surface area contributed by atoms with Crippen LogP contribution in [0.5, 0.6) is 0 Å². The molecular formula is C19H17FN6OS. The van der Waals surface area contributed by atoms with Gasteiger partial charge in [0.2, 0.25) is 4.77 Å². The lowest BCUT2D eigenvalue weighted by atomic mass is 10.2. The van der Waals surface area contributed by atoms with Gasteiger partial charge in [0.25, 0.3) is 0 Å². The molecule has 1 aromatic carbocycles. The second kappa shape index (κ2) is 7.01. The lowest BCUT2D eigenvalue weighted by Crippen LogP contribution is -2.00. The van der Waals surface area contributed by atoms with E-state index in [0.29, 0.717) is 17.2 Å². The van der Waals surface area contributed by atoms with Gasteiger partial charge in [-0.15, -0.1) is 0 Å². The van der Waals surface area contributed by atoms with Gasteiger partial charge in [-0.25, -0.2) is 9.49 Å². The zero-order chi connectivity index (χ0) is 19.8. The molecule has 3 aromatic heterocycles. The molecule has 0 atom stereocenters. The standard InChI is InChI=1S/C19H17FN6OS/c1-11-8-14(13(3)25(11)17-9-12(2)27-24-17)10-21-26-18(22-23-19(26)28)15-6-4-5-7-16(15)20/h4-10H,1-3H3,(H,23,28)/b21-10-. The van der Waals surface area contributed by atoms with E-state index in [2.05, 4.69) is 20.5 Å². The Kier molecular flexibility index (Phi) is 4.52. The van der Waals surface area contributed by atoms with Crippen LogP contribution in [0.3, 0.4) is 0 Å². The molecule has 3 heterocycles. The van der Waals surface area contributed by atoms with Crippen molar-refractivity contribution >= 4 is 18.4 Å². The number of hydrogen-bond donors (Lipinski definition) is 1. The van der Waals surface area contributed by atoms with E-state index in [4.69, 9.17) is 16.7 Å². The molecule has 0 aliphatic heterocycles. The van der Waals surface area contributed by atoms with E-state index in [1.54, 1.807) is 24.4 Å². The van der Waals surface area contributed by atoms with Gasteiger partial charge in [-0.3, -0.25) is 4.57 Å². The SMILES string of the molecule is Cc1cc(-n2c(C)cc(/C=N\n3c(-c4ccccc4F)n[nH]c3=S)c2C)no1. The lowest BCUT2D eigenvalue weighted by molar-refractivity contribution is 0.394. The fourth-order valence-electron chi connectivity index (χ4n) is 3.07. The Hall–Kier alpha value is -3.33. The monoisotopic (exact) mass is 396 g/mol. The molecule has 0 unspecified atom stereocenters. The summed E-state index contributed by atoms with van der Waals surface area (Å²) in [4.78, 5) is 0. The lowest BCUT2D eigenvalue weighted by Gasteiger charge is -2.04. The molecule has 7 nitrogen and oxygen atoms in total. The van der Waals surface area contributed by atoms with Crippen molar-refractivity contribution in [2.24, 2.45) is 5.10 Å². The predicted molar refractivity (Wildman–Crippen MR) is 106 cm³/mol. The molecule has 142 valence electrons. The fourth-order valence-corrected chi connectivity index (χ4v) is 3.24. The van der Waals surface area contributed by atoms with Crippen molar-refractivity contribution in [3.05, 3.63) is 69.7 Å². The number of aromatic nitrogens is 5. The average Bonchev–Trinajstić information content (AvgIpc) is 3.32. The molecule has 0 saturated carbocycles. The highest BCUT2D eigenvalue weighted by Crippen LogP contribution is 2.22. The number of aromatic amines is 1. The summed E-state index contributed by atoms with van der Waals surface area (Å²) in [5, 5.41) is 15.3. The smallest absolute Gasteiger partial charge is 0.216 e. The van der Waals surface area contributed by atoms with E-state index < -0.39 is 5.82 Å². The summed E-state index contributed by atoms with van der Waals surface area (Å²) >= 11 is 5.26. The number of aryl methyl sites for hydroxylation is 2. The van der Waals surface area contributed by atoms with Crippen LogP contribution in [0, 0.1) is 31.4 Å². The van der Waals surface area contributed by atoms with Gasteiger partial charge < -0.3 is 4.52 Å². The largest absolute Gasteiger partial charge is 0.360 e. The minimum absolute atomic E-state index is 0.274. The molecular weight excluding hydrogens is 379 g/mol. The summed E-state index contributed by atoms with van der Waals surface area (Å²) in [6.45, 7) is 5.78. The first-order valence-corrected chi connectivity index (χ1v) is 8.96. The minimum atomic E-state index is -0.396. The van der Waals surface area contributed by atoms with Crippen LogP contribution in [-0.4, -0.2) is 30.8 Å². The van der Waals surface area contributed by atoms with Gasteiger partial charge in [-0.05, 0) is 51.2 Å². The summed E-state index contributed by atoms with van der Waals surface area (Å²) < 4.78 is 23.0. The van der Waals surface area contributed by atoms with Crippen molar-refractivity contribution in [2.45, 2.75) is 20.8 Å². The summed E-state index contributed by atoms with van der Waals surface area (Å²) in [5.74, 6) is 1.35. The summed E-state index contributed by atoms with van der Waals surface area (Å²) in [6.07, 6.45) is 1.67. The molecule has 0 radical (unpaired) electrons. The van der Waals surface area contributed by atoms with Crippen LogP contribution in [-0.2, 0) is 0 Å². The second-order valence-electron chi connectivity index (χ2n) is 6.35. The second-order valence-corrected chi connectivity index (χ2v) is 6.73. The third-order valence-corrected chi connectivity index (χ3v) is 4.66. The van der Waals surface area contributed by atoms with Crippen LogP contribution < -0.4 is 0 Å². The summed E-state index contributed by atoms with van der Waals surface area (Å²) in [5.41, 5.74) is 3.12. The number of H-pyrrole nitrogens is 1. The van der Waals surface area contributed by atoms with Gasteiger partial charge in [0, 0.05) is 23.0 Å². The third kappa shape index (κ3) is 3.09. The molecule has 9 heteroatoms. The van der Waals surface area contributed by atoms with Crippen molar-refractivity contribution in [2.75, 3.05) is 0 Å². The number of benzene rings is 1. The summed E-state index contributed by atoms with van der Waals surface area (Å²) in [7, 11) is 0. The van der Waals surface area contributed by atoms with Gasteiger partial charge in [0.05, 0.1) is 11.8 Å². The molecule has 4 rings (SSSR count). The molecule has 0 fully saturated rings. The minimum Gasteiger partial charge on any atom is -0.360 e. The predicted octanol–water partition coefficient (Wildman–Crippen LogP) is 4.33. The van der Waals surface area contributed by atoms with E-state index in [9.17, 15) is 4.39 Å². The Balaban J connectivity index is 1.75. The topological polar surface area (TPSA) is 76.9 Å². The van der Waals surface area contributed by atoms with Gasteiger partial charge >= 0.3 is 0 Å². The zero-order valence-electron chi connectivity index (χ0n) is 15.5. The van der Waals surface area contributed by atoms with Crippen LogP contribution >= 0.6 is 12.2 Å². The van der Waals surface area contributed by atoms with Crippen LogP contribution in [0.25, 0.3) is 17.2 Å². The Morgan fingerprint density at radius 1 is 1.21 bits per heavy atom. The van der Waals surface area contributed by atoms with Gasteiger partial charge in [0.15, 0.2) is 11.6 Å². The molecule has 0 amide bonds. The Morgan fingerprint density at radius 2 is 2.00 bits per heavy atom. The van der Waals surface area contributed by atoms with Crippen LogP contribution in [0.15, 0.2) is 46.0 Å². The summed E-state index contributed by atoms with van der Waals surface area (Å²) in [6, 6.07) is 10.2. The maximum Gasteiger partial charge on any atom is 0.216 e. The first-order chi connectivity index (χ1) is 13.5. The third-order valence-electron chi connectivity index (χ3n) is 4.39. The van der Waals surface area contributed by atoms with Crippen LogP contribution in [0.4, 0.5) is 4.39 Å². The van der Waals surface area contributed by atoms with Crippen molar-refractivity contribution in [3.63, 3.8) is 0 Å². The quantitative estimate of drug-likeness (QED) is 0.411.